The fourth-order valence-electron chi connectivity index (χ4n) is 2.66. The lowest BCUT2D eigenvalue weighted by molar-refractivity contribution is -0.119. The third kappa shape index (κ3) is 5.05. The zero-order chi connectivity index (χ0) is 20.7. The molecule has 0 aliphatic rings. The number of aromatic nitrogens is 1. The molecule has 0 unspecified atom stereocenters. The van der Waals surface area contributed by atoms with Gasteiger partial charge in [0.25, 0.3) is 15.9 Å². The van der Waals surface area contributed by atoms with Crippen molar-refractivity contribution in [1.82, 2.24) is 10.4 Å². The maximum atomic E-state index is 13.2. The molecule has 1 amide bonds. The Bertz CT molecular complexity index is 1100. The van der Waals surface area contributed by atoms with E-state index >= 15 is 0 Å². The van der Waals surface area contributed by atoms with E-state index in [2.05, 4.69) is 15.5 Å². The van der Waals surface area contributed by atoms with Crippen LogP contribution in [-0.4, -0.2) is 32.1 Å². The molecule has 0 saturated carbocycles. The second-order valence-electron chi connectivity index (χ2n) is 6.18. The lowest BCUT2D eigenvalue weighted by atomic mass is 10.2. The van der Waals surface area contributed by atoms with Crippen molar-refractivity contribution in [2.45, 2.75) is 11.8 Å². The summed E-state index contributed by atoms with van der Waals surface area (Å²) in [6.07, 6.45) is 4.68. The van der Waals surface area contributed by atoms with Crippen LogP contribution < -0.4 is 9.73 Å². The molecule has 148 valence electrons. The summed E-state index contributed by atoms with van der Waals surface area (Å²) < 4.78 is 27.5. The molecule has 2 aromatic carbocycles. The van der Waals surface area contributed by atoms with E-state index in [1.165, 1.54) is 18.3 Å². The van der Waals surface area contributed by atoms with E-state index in [0.29, 0.717) is 5.69 Å². The number of amides is 1. The van der Waals surface area contributed by atoms with Crippen molar-refractivity contribution < 1.29 is 13.2 Å². The Morgan fingerprint density at radius 2 is 1.69 bits per heavy atom. The standard InChI is InChI=1S/C21H20N4O3S/c1-17-7-5-6-10-20(17)25(29(27,28)19-8-3-2-4-9-19)16-21(26)24-23-15-18-11-13-22-14-12-18/h2-15H,16H2,1H3,(H,24,26). The first-order chi connectivity index (χ1) is 14.0. The Hall–Kier alpha value is -3.52. The Morgan fingerprint density at radius 3 is 2.38 bits per heavy atom. The molecule has 1 aromatic heterocycles. The molecule has 0 aliphatic carbocycles. The molecule has 7 nitrogen and oxygen atoms in total. The summed E-state index contributed by atoms with van der Waals surface area (Å²) in [5, 5.41) is 3.89. The number of sulfonamides is 1. The van der Waals surface area contributed by atoms with Crippen LogP contribution >= 0.6 is 0 Å². The van der Waals surface area contributed by atoms with Crippen molar-refractivity contribution in [1.29, 1.82) is 0 Å². The second kappa shape index (κ2) is 9.11. The van der Waals surface area contributed by atoms with Gasteiger partial charge in [-0.1, -0.05) is 36.4 Å². The van der Waals surface area contributed by atoms with Crippen LogP contribution in [0.2, 0.25) is 0 Å². The predicted molar refractivity (Wildman–Crippen MR) is 112 cm³/mol. The minimum absolute atomic E-state index is 0.108. The van der Waals surface area contributed by atoms with Gasteiger partial charge in [0.2, 0.25) is 0 Å². The van der Waals surface area contributed by atoms with Crippen molar-refractivity contribution in [3.8, 4) is 0 Å². The number of para-hydroxylation sites is 1. The molecule has 1 heterocycles. The highest BCUT2D eigenvalue weighted by atomic mass is 32.2. The number of nitrogens with zero attached hydrogens (tertiary/aromatic N) is 3. The number of benzene rings is 2. The number of nitrogens with one attached hydrogen (secondary N) is 1. The first-order valence-corrected chi connectivity index (χ1v) is 10.3. The first kappa shape index (κ1) is 20.2. The van der Waals surface area contributed by atoms with Crippen LogP contribution in [0.25, 0.3) is 0 Å². The van der Waals surface area contributed by atoms with Gasteiger partial charge in [0, 0.05) is 12.4 Å². The van der Waals surface area contributed by atoms with E-state index in [1.54, 1.807) is 67.8 Å². The molecule has 0 aliphatic heterocycles. The molecular weight excluding hydrogens is 388 g/mol. The molecule has 3 rings (SSSR count). The minimum Gasteiger partial charge on any atom is -0.271 e. The van der Waals surface area contributed by atoms with Crippen LogP contribution in [0.3, 0.4) is 0 Å². The van der Waals surface area contributed by atoms with Crippen LogP contribution in [0, 0.1) is 6.92 Å². The smallest absolute Gasteiger partial charge is 0.264 e. The van der Waals surface area contributed by atoms with Gasteiger partial charge in [0.05, 0.1) is 16.8 Å². The molecule has 1 N–H and O–H groups in total. The molecule has 0 radical (unpaired) electrons. The second-order valence-corrected chi connectivity index (χ2v) is 8.05. The highest BCUT2D eigenvalue weighted by Gasteiger charge is 2.27. The molecule has 0 saturated heterocycles. The molecule has 8 heteroatoms. The first-order valence-electron chi connectivity index (χ1n) is 8.84. The van der Waals surface area contributed by atoms with Crippen molar-refractivity contribution in [3.63, 3.8) is 0 Å². The summed E-state index contributed by atoms with van der Waals surface area (Å²) in [4.78, 5) is 16.5. The van der Waals surface area contributed by atoms with Gasteiger partial charge in [-0.05, 0) is 48.4 Å². The molecule has 0 bridgehead atoms. The molecule has 0 atom stereocenters. The Balaban J connectivity index is 1.85. The van der Waals surface area contributed by atoms with Crippen LogP contribution in [0.15, 0.2) is 89.1 Å². The third-order valence-corrected chi connectivity index (χ3v) is 5.89. The van der Waals surface area contributed by atoms with Crippen molar-refractivity contribution in [2.24, 2.45) is 5.10 Å². The highest BCUT2D eigenvalue weighted by molar-refractivity contribution is 7.92. The molecule has 3 aromatic rings. The normalized spacial score (nSPS) is 11.3. The van der Waals surface area contributed by atoms with E-state index in [-0.39, 0.29) is 4.90 Å². The third-order valence-electron chi connectivity index (χ3n) is 4.11. The van der Waals surface area contributed by atoms with E-state index in [0.717, 1.165) is 15.4 Å². The zero-order valence-corrected chi connectivity index (χ0v) is 16.6. The number of carbonyl (C=O) groups is 1. The van der Waals surface area contributed by atoms with Gasteiger partial charge in [0.15, 0.2) is 0 Å². The summed E-state index contributed by atoms with van der Waals surface area (Å²) >= 11 is 0. The van der Waals surface area contributed by atoms with Crippen LogP contribution in [-0.2, 0) is 14.8 Å². The number of hydrazone groups is 1. The summed E-state index contributed by atoms with van der Waals surface area (Å²) in [6.45, 7) is 1.39. The fraction of sp³-hybridized carbons (Fsp3) is 0.0952. The summed E-state index contributed by atoms with van der Waals surface area (Å²) in [7, 11) is -3.94. The number of pyridine rings is 1. The summed E-state index contributed by atoms with van der Waals surface area (Å²) in [5.41, 5.74) is 4.31. The molecular formula is C21H20N4O3S. The van der Waals surface area contributed by atoms with Crippen molar-refractivity contribution in [3.05, 3.63) is 90.3 Å². The number of carbonyl (C=O) groups excluding carboxylic acids is 1. The average Bonchev–Trinajstić information content (AvgIpc) is 2.74. The lowest BCUT2D eigenvalue weighted by Crippen LogP contribution is -2.40. The van der Waals surface area contributed by atoms with E-state index in [4.69, 9.17) is 0 Å². The summed E-state index contributed by atoms with van der Waals surface area (Å²) in [5.74, 6) is -0.557. The van der Waals surface area contributed by atoms with Gasteiger partial charge >= 0.3 is 0 Å². The Kier molecular flexibility index (Phi) is 6.36. The molecule has 0 fully saturated rings. The lowest BCUT2D eigenvalue weighted by Gasteiger charge is -2.25. The van der Waals surface area contributed by atoms with E-state index < -0.39 is 22.5 Å². The summed E-state index contributed by atoms with van der Waals surface area (Å²) in [6, 6.07) is 18.5. The average molecular weight is 408 g/mol. The predicted octanol–water partition coefficient (Wildman–Crippen LogP) is 2.74. The van der Waals surface area contributed by atoms with Gasteiger partial charge in [-0.2, -0.15) is 5.10 Å². The SMILES string of the molecule is Cc1ccccc1N(CC(=O)NN=Cc1ccncc1)S(=O)(=O)c1ccccc1. The van der Waals surface area contributed by atoms with Crippen LogP contribution in [0.1, 0.15) is 11.1 Å². The maximum Gasteiger partial charge on any atom is 0.264 e. The highest BCUT2D eigenvalue weighted by Crippen LogP contribution is 2.26. The number of hydrogen-bond acceptors (Lipinski definition) is 5. The van der Waals surface area contributed by atoms with Crippen molar-refractivity contribution in [2.75, 3.05) is 10.8 Å². The van der Waals surface area contributed by atoms with Crippen LogP contribution in [0.4, 0.5) is 5.69 Å². The fourth-order valence-corrected chi connectivity index (χ4v) is 4.16. The van der Waals surface area contributed by atoms with Gasteiger partial charge in [-0.25, -0.2) is 13.8 Å². The van der Waals surface area contributed by atoms with E-state index in [1.807, 2.05) is 6.07 Å². The van der Waals surface area contributed by atoms with Crippen molar-refractivity contribution >= 4 is 27.8 Å². The Morgan fingerprint density at radius 1 is 1.03 bits per heavy atom. The van der Waals surface area contributed by atoms with Gasteiger partial charge < -0.3 is 0 Å². The zero-order valence-electron chi connectivity index (χ0n) is 15.8. The number of aryl methyl sites for hydroxylation is 1. The van der Waals surface area contributed by atoms with Gasteiger partial charge in [-0.3, -0.25) is 14.1 Å². The number of hydrogen-bond donors (Lipinski definition) is 1. The van der Waals surface area contributed by atoms with Gasteiger partial charge in [0.1, 0.15) is 6.54 Å². The van der Waals surface area contributed by atoms with E-state index in [9.17, 15) is 13.2 Å². The van der Waals surface area contributed by atoms with Crippen LogP contribution in [0.5, 0.6) is 0 Å². The topological polar surface area (TPSA) is 91.7 Å². The largest absolute Gasteiger partial charge is 0.271 e. The molecule has 29 heavy (non-hydrogen) atoms. The number of anilines is 1. The number of rotatable bonds is 7. The molecule has 0 spiro atoms. The van der Waals surface area contributed by atoms with Gasteiger partial charge in [-0.15, -0.1) is 0 Å². The quantitative estimate of drug-likeness (QED) is 0.481. The monoisotopic (exact) mass is 408 g/mol. The minimum atomic E-state index is -3.94. The maximum absolute atomic E-state index is 13.2. The Labute approximate surface area is 169 Å².